The summed E-state index contributed by atoms with van der Waals surface area (Å²) in [6.45, 7) is 9.97. The maximum absolute atomic E-state index is 8.57. The van der Waals surface area contributed by atoms with E-state index in [1.165, 1.54) is 0 Å². The summed E-state index contributed by atoms with van der Waals surface area (Å²) in [6.07, 6.45) is 12.0. The number of halogens is 2. The molecule has 1 aromatic carbocycles. The van der Waals surface area contributed by atoms with Gasteiger partial charge in [-0.05, 0) is 32.9 Å². The fraction of sp³-hybridized carbons (Fsp3) is 0.190. The molecule has 1 nitrogen and oxygen atoms in total. The van der Waals surface area contributed by atoms with Gasteiger partial charge in [-0.25, -0.2) is 0 Å². The van der Waals surface area contributed by atoms with E-state index in [1.54, 1.807) is 30.0 Å². The molecule has 0 bridgehead atoms. The predicted octanol–water partition coefficient (Wildman–Crippen LogP) is 7.70. The molecule has 0 saturated carbocycles. The van der Waals surface area contributed by atoms with Crippen LogP contribution in [-0.4, -0.2) is 10.5 Å². The van der Waals surface area contributed by atoms with E-state index in [4.69, 9.17) is 17.0 Å². The van der Waals surface area contributed by atoms with Crippen LogP contribution in [0.1, 0.15) is 26.3 Å². The topological polar surface area (TPSA) is 23.9 Å². The molecule has 25 heavy (non-hydrogen) atoms. The summed E-state index contributed by atoms with van der Waals surface area (Å²) in [6, 6.07) is 7.31. The highest BCUT2D eigenvalue weighted by molar-refractivity contribution is 9.09. The molecule has 0 saturated heterocycles. The Morgan fingerprint density at radius 1 is 1.24 bits per heavy atom. The fourth-order valence-electron chi connectivity index (χ4n) is 1.97. The van der Waals surface area contributed by atoms with Gasteiger partial charge in [-0.15, -0.1) is 0 Å². The zero-order chi connectivity index (χ0) is 18.8. The quantitative estimate of drug-likeness (QED) is 0.252. The smallest absolute Gasteiger partial charge is 0.0695 e. The van der Waals surface area contributed by atoms with E-state index in [0.29, 0.717) is 15.6 Å². The molecular weight excluding hydrogens is 414 g/mol. The Labute approximate surface area is 168 Å². The minimum absolute atomic E-state index is 0.309. The van der Waals surface area contributed by atoms with Crippen LogP contribution in [0, 0.1) is 5.41 Å². The normalized spacial score (nSPS) is 14.7. The lowest BCUT2D eigenvalue weighted by atomic mass is 10.0. The second-order valence-electron chi connectivity index (χ2n) is 5.19. The second-order valence-corrected chi connectivity index (χ2v) is 8.19. The van der Waals surface area contributed by atoms with Crippen LogP contribution in [-0.2, 0) is 0 Å². The first-order chi connectivity index (χ1) is 11.9. The number of hydrogen-bond donors (Lipinski definition) is 1. The SMILES string of the molecule is C=C/C(C(=N)c1ccc(Cl)cc1)=C(\C=C/C)SC(/C=C\C(C)Br)=C/C. The van der Waals surface area contributed by atoms with Crippen LogP contribution < -0.4 is 0 Å². The van der Waals surface area contributed by atoms with E-state index in [2.05, 4.69) is 47.7 Å². The fourth-order valence-corrected chi connectivity index (χ4v) is 3.27. The maximum atomic E-state index is 8.57. The Morgan fingerprint density at radius 3 is 2.36 bits per heavy atom. The highest BCUT2D eigenvalue weighted by atomic mass is 79.9. The van der Waals surface area contributed by atoms with Crippen LogP contribution >= 0.6 is 39.3 Å². The van der Waals surface area contributed by atoms with Crippen LogP contribution in [0.2, 0.25) is 5.02 Å². The average Bonchev–Trinajstić information content (AvgIpc) is 2.59. The molecule has 0 radical (unpaired) electrons. The van der Waals surface area contributed by atoms with Gasteiger partial charge in [0.2, 0.25) is 0 Å². The number of hydrogen-bond acceptors (Lipinski definition) is 2. The van der Waals surface area contributed by atoms with Gasteiger partial charge in [-0.3, -0.25) is 5.41 Å². The number of rotatable bonds is 8. The number of alkyl halides is 1. The number of thioether (sulfide) groups is 1. The lowest BCUT2D eigenvalue weighted by Crippen LogP contribution is -2.03. The van der Waals surface area contributed by atoms with Gasteiger partial charge in [0.25, 0.3) is 0 Å². The van der Waals surface area contributed by atoms with Gasteiger partial charge < -0.3 is 0 Å². The third kappa shape index (κ3) is 7.23. The van der Waals surface area contributed by atoms with Crippen molar-refractivity contribution in [1.82, 2.24) is 0 Å². The summed E-state index contributed by atoms with van der Waals surface area (Å²) >= 11 is 11.1. The Balaban J connectivity index is 3.26. The van der Waals surface area contributed by atoms with E-state index in [-0.39, 0.29) is 0 Å². The standard InChI is InChI=1S/C21H23BrClNS/c1-5-8-20(25-18(6-2)14-9-15(4)22)19(7-3)21(24)16-10-12-17(23)13-11-16/h5-15,24H,3H2,1-2,4H3/b8-5-,14-9-,18-6+,20-19-,24-21?. The number of nitrogens with one attached hydrogen (secondary N) is 1. The lowest BCUT2D eigenvalue weighted by Gasteiger charge is -2.12. The van der Waals surface area contributed by atoms with Crippen molar-refractivity contribution in [2.75, 3.05) is 0 Å². The molecule has 0 aliphatic heterocycles. The largest absolute Gasteiger partial charge is 0.300 e. The number of benzene rings is 1. The monoisotopic (exact) mass is 435 g/mol. The van der Waals surface area contributed by atoms with Crippen molar-refractivity contribution in [2.45, 2.75) is 25.6 Å². The van der Waals surface area contributed by atoms with Crippen molar-refractivity contribution in [3.8, 4) is 0 Å². The Bertz CT molecular complexity index is 725. The first-order valence-electron chi connectivity index (χ1n) is 7.93. The van der Waals surface area contributed by atoms with Crippen molar-refractivity contribution in [3.63, 3.8) is 0 Å². The van der Waals surface area contributed by atoms with E-state index < -0.39 is 0 Å². The first kappa shape index (κ1) is 21.8. The molecule has 1 unspecified atom stereocenters. The second kappa shape index (κ2) is 11.3. The first-order valence-corrected chi connectivity index (χ1v) is 10.0. The molecule has 4 heteroatoms. The van der Waals surface area contributed by atoms with Crippen molar-refractivity contribution in [2.24, 2.45) is 0 Å². The summed E-state index contributed by atoms with van der Waals surface area (Å²) in [5.41, 5.74) is 2.04. The minimum atomic E-state index is 0.309. The highest BCUT2D eigenvalue weighted by Gasteiger charge is 2.11. The third-order valence-electron chi connectivity index (χ3n) is 3.23. The van der Waals surface area contributed by atoms with Gasteiger partial charge in [0.1, 0.15) is 0 Å². The molecule has 0 aromatic heterocycles. The number of allylic oxidation sites excluding steroid dienone is 7. The molecule has 0 fully saturated rings. The van der Waals surface area contributed by atoms with Crippen LogP contribution in [0.15, 0.2) is 82.7 Å². The molecule has 1 aromatic rings. The molecule has 0 aliphatic carbocycles. The van der Waals surface area contributed by atoms with Gasteiger partial charge in [0, 0.05) is 30.8 Å². The van der Waals surface area contributed by atoms with E-state index in [9.17, 15) is 0 Å². The zero-order valence-electron chi connectivity index (χ0n) is 14.7. The molecular formula is C21H23BrClNS. The van der Waals surface area contributed by atoms with Gasteiger partial charge >= 0.3 is 0 Å². The summed E-state index contributed by atoms with van der Waals surface area (Å²) in [5, 5.41) is 9.23. The van der Waals surface area contributed by atoms with Crippen molar-refractivity contribution in [1.29, 1.82) is 5.41 Å². The Morgan fingerprint density at radius 2 is 1.88 bits per heavy atom. The van der Waals surface area contributed by atoms with Crippen LogP contribution in [0.5, 0.6) is 0 Å². The molecule has 1 atom stereocenters. The summed E-state index contributed by atoms with van der Waals surface area (Å²) in [5.74, 6) is 0. The van der Waals surface area contributed by atoms with Gasteiger partial charge in [-0.1, -0.05) is 94.5 Å². The molecule has 0 amide bonds. The maximum Gasteiger partial charge on any atom is 0.0695 e. The Hall–Kier alpha value is -1.29. The van der Waals surface area contributed by atoms with Gasteiger partial charge in [0.05, 0.1) is 5.71 Å². The third-order valence-corrected chi connectivity index (χ3v) is 4.97. The van der Waals surface area contributed by atoms with Crippen LogP contribution in [0.3, 0.4) is 0 Å². The molecule has 132 valence electrons. The molecule has 0 heterocycles. The Kier molecular flexibility index (Phi) is 9.88. The van der Waals surface area contributed by atoms with Crippen molar-refractivity contribution < 1.29 is 0 Å². The van der Waals surface area contributed by atoms with E-state index >= 15 is 0 Å². The molecule has 0 spiro atoms. The van der Waals surface area contributed by atoms with Crippen molar-refractivity contribution in [3.05, 3.63) is 93.3 Å². The van der Waals surface area contributed by atoms with Crippen molar-refractivity contribution >= 4 is 45.0 Å². The summed E-state index contributed by atoms with van der Waals surface area (Å²) in [7, 11) is 0. The van der Waals surface area contributed by atoms with Crippen LogP contribution in [0.25, 0.3) is 0 Å². The summed E-state index contributed by atoms with van der Waals surface area (Å²) in [4.78, 5) is 2.41. The lowest BCUT2D eigenvalue weighted by molar-refractivity contribution is 1.27. The van der Waals surface area contributed by atoms with Gasteiger partial charge in [0.15, 0.2) is 0 Å². The summed E-state index contributed by atoms with van der Waals surface area (Å²) < 4.78 is 0. The van der Waals surface area contributed by atoms with E-state index in [0.717, 1.165) is 20.9 Å². The average molecular weight is 437 g/mol. The zero-order valence-corrected chi connectivity index (χ0v) is 17.9. The minimum Gasteiger partial charge on any atom is -0.300 e. The van der Waals surface area contributed by atoms with E-state index in [1.807, 2.05) is 38.1 Å². The highest BCUT2D eigenvalue weighted by Crippen LogP contribution is 2.32. The predicted molar refractivity (Wildman–Crippen MR) is 119 cm³/mol. The molecule has 1 rings (SSSR count). The van der Waals surface area contributed by atoms with Crippen LogP contribution in [0.4, 0.5) is 0 Å². The molecule has 0 aliphatic rings. The van der Waals surface area contributed by atoms with Gasteiger partial charge in [-0.2, -0.15) is 0 Å². The molecule has 1 N–H and O–H groups in total.